The zero-order valence-electron chi connectivity index (χ0n) is 13.7. The number of nitrogens with zero attached hydrogens (tertiary/aromatic N) is 3. The number of aromatic nitrogens is 4. The Bertz CT molecular complexity index is 808. The summed E-state index contributed by atoms with van der Waals surface area (Å²) >= 11 is 0. The lowest BCUT2D eigenvalue weighted by atomic mass is 9.90. The zero-order valence-corrected chi connectivity index (χ0v) is 13.7. The maximum Gasteiger partial charge on any atom is 0.108 e. The van der Waals surface area contributed by atoms with Crippen LogP contribution in [0.2, 0.25) is 0 Å². The molecule has 0 spiro atoms. The topological polar surface area (TPSA) is 78.8 Å². The number of para-hydroxylation sites is 1. The first kappa shape index (κ1) is 15.4. The predicted octanol–water partition coefficient (Wildman–Crippen LogP) is 2.53. The number of benzene rings is 1. The lowest BCUT2D eigenvalue weighted by molar-refractivity contribution is 0.242. The SMILES string of the molecule is OCc1cn([C@@H]2CCCC[C@@H]2NCc2cccc3cc[nH]c23)nn1. The van der Waals surface area contributed by atoms with Gasteiger partial charge in [-0.2, -0.15) is 0 Å². The lowest BCUT2D eigenvalue weighted by Crippen LogP contribution is -2.39. The highest BCUT2D eigenvalue weighted by Crippen LogP contribution is 2.29. The van der Waals surface area contributed by atoms with Crippen molar-refractivity contribution in [3.05, 3.63) is 47.9 Å². The average molecular weight is 325 g/mol. The summed E-state index contributed by atoms with van der Waals surface area (Å²) in [5.41, 5.74) is 3.13. The van der Waals surface area contributed by atoms with E-state index < -0.39 is 0 Å². The first-order valence-corrected chi connectivity index (χ1v) is 8.65. The monoisotopic (exact) mass is 325 g/mol. The van der Waals surface area contributed by atoms with E-state index in [0.29, 0.717) is 17.8 Å². The molecule has 6 nitrogen and oxygen atoms in total. The molecule has 0 bridgehead atoms. The molecular weight excluding hydrogens is 302 g/mol. The van der Waals surface area contributed by atoms with Gasteiger partial charge in [0.25, 0.3) is 0 Å². The number of hydrogen-bond donors (Lipinski definition) is 3. The van der Waals surface area contributed by atoms with Crippen molar-refractivity contribution in [3.63, 3.8) is 0 Å². The average Bonchev–Trinajstić information content (AvgIpc) is 3.29. The maximum atomic E-state index is 9.21. The first-order chi connectivity index (χ1) is 11.8. The fourth-order valence-corrected chi connectivity index (χ4v) is 3.75. The maximum absolute atomic E-state index is 9.21. The Morgan fingerprint density at radius 3 is 3.04 bits per heavy atom. The first-order valence-electron chi connectivity index (χ1n) is 8.65. The molecule has 0 aliphatic heterocycles. The minimum atomic E-state index is -0.0559. The number of aliphatic hydroxyl groups is 1. The van der Waals surface area contributed by atoms with E-state index in [9.17, 15) is 5.11 Å². The Hall–Kier alpha value is -2.18. The third-order valence-corrected chi connectivity index (χ3v) is 5.02. The molecule has 2 heterocycles. The molecule has 2 aromatic heterocycles. The highest BCUT2D eigenvalue weighted by Gasteiger charge is 2.27. The fourth-order valence-electron chi connectivity index (χ4n) is 3.75. The molecule has 1 saturated carbocycles. The molecule has 1 aliphatic carbocycles. The second kappa shape index (κ2) is 6.75. The zero-order chi connectivity index (χ0) is 16.4. The van der Waals surface area contributed by atoms with Crippen molar-refractivity contribution in [2.24, 2.45) is 0 Å². The summed E-state index contributed by atoms with van der Waals surface area (Å²) in [5.74, 6) is 0. The van der Waals surface area contributed by atoms with Gasteiger partial charge >= 0.3 is 0 Å². The van der Waals surface area contributed by atoms with Crippen LogP contribution in [0.3, 0.4) is 0 Å². The third-order valence-electron chi connectivity index (χ3n) is 5.02. The minimum Gasteiger partial charge on any atom is -0.390 e. The van der Waals surface area contributed by atoms with Crippen LogP contribution in [-0.4, -0.2) is 31.1 Å². The number of aliphatic hydroxyl groups excluding tert-OH is 1. The Morgan fingerprint density at radius 1 is 1.25 bits per heavy atom. The van der Waals surface area contributed by atoms with Gasteiger partial charge in [-0.05, 0) is 29.9 Å². The molecule has 0 unspecified atom stereocenters. The van der Waals surface area contributed by atoms with Gasteiger partial charge in [-0.1, -0.05) is 36.3 Å². The van der Waals surface area contributed by atoms with E-state index in [2.05, 4.69) is 44.9 Å². The van der Waals surface area contributed by atoms with Gasteiger partial charge in [-0.15, -0.1) is 5.10 Å². The van der Waals surface area contributed by atoms with Gasteiger partial charge in [0.15, 0.2) is 0 Å². The Morgan fingerprint density at radius 2 is 2.17 bits per heavy atom. The summed E-state index contributed by atoms with van der Waals surface area (Å²) in [6.45, 7) is 0.778. The molecule has 1 aromatic carbocycles. The number of hydrogen-bond acceptors (Lipinski definition) is 4. The van der Waals surface area contributed by atoms with Crippen LogP contribution in [0.1, 0.15) is 43.0 Å². The molecule has 1 fully saturated rings. The highest BCUT2D eigenvalue weighted by molar-refractivity contribution is 5.82. The largest absolute Gasteiger partial charge is 0.390 e. The van der Waals surface area contributed by atoms with Crippen LogP contribution < -0.4 is 5.32 Å². The molecule has 6 heteroatoms. The highest BCUT2D eigenvalue weighted by atomic mass is 16.3. The lowest BCUT2D eigenvalue weighted by Gasteiger charge is -2.32. The van der Waals surface area contributed by atoms with E-state index in [1.54, 1.807) is 0 Å². The normalized spacial score (nSPS) is 21.4. The van der Waals surface area contributed by atoms with E-state index in [4.69, 9.17) is 0 Å². The molecule has 3 aromatic rings. The quantitative estimate of drug-likeness (QED) is 0.673. The summed E-state index contributed by atoms with van der Waals surface area (Å²) < 4.78 is 1.93. The van der Waals surface area contributed by atoms with Crippen LogP contribution in [0.5, 0.6) is 0 Å². The Kier molecular flexibility index (Phi) is 4.32. The van der Waals surface area contributed by atoms with Gasteiger partial charge in [0.05, 0.1) is 18.8 Å². The van der Waals surface area contributed by atoms with Gasteiger partial charge < -0.3 is 15.4 Å². The molecule has 2 atom stereocenters. The summed E-state index contributed by atoms with van der Waals surface area (Å²) in [5, 5.41) is 22.4. The molecule has 1 aliphatic rings. The number of aromatic amines is 1. The van der Waals surface area contributed by atoms with Crippen molar-refractivity contribution in [2.45, 2.75) is 50.9 Å². The third kappa shape index (κ3) is 2.95. The van der Waals surface area contributed by atoms with Crippen molar-refractivity contribution in [1.29, 1.82) is 0 Å². The van der Waals surface area contributed by atoms with E-state index >= 15 is 0 Å². The van der Waals surface area contributed by atoms with E-state index in [1.165, 1.54) is 29.3 Å². The fraction of sp³-hybridized carbons (Fsp3) is 0.444. The molecule has 0 amide bonds. The molecule has 0 radical (unpaired) electrons. The Balaban J connectivity index is 1.50. The van der Waals surface area contributed by atoms with E-state index in [-0.39, 0.29) is 6.61 Å². The summed E-state index contributed by atoms with van der Waals surface area (Å²) in [6, 6.07) is 9.18. The summed E-state index contributed by atoms with van der Waals surface area (Å²) in [4.78, 5) is 3.33. The van der Waals surface area contributed by atoms with Gasteiger partial charge in [-0.3, -0.25) is 0 Å². The minimum absolute atomic E-state index is 0.0559. The van der Waals surface area contributed by atoms with Crippen LogP contribution >= 0.6 is 0 Å². The molecule has 4 rings (SSSR count). The Labute approximate surface area is 140 Å². The standard InChI is InChI=1S/C18H23N5O/c24-12-15-11-23(22-21-15)17-7-2-1-6-16(17)20-10-14-5-3-4-13-8-9-19-18(13)14/h3-5,8-9,11,16-17,19-20,24H,1-2,6-7,10,12H2/t16-,17+/m0/s1. The van der Waals surface area contributed by atoms with Crippen molar-refractivity contribution in [2.75, 3.05) is 0 Å². The molecule has 126 valence electrons. The molecule has 0 saturated heterocycles. The van der Waals surface area contributed by atoms with Crippen LogP contribution in [0.4, 0.5) is 0 Å². The second-order valence-corrected chi connectivity index (χ2v) is 6.55. The van der Waals surface area contributed by atoms with Crippen LogP contribution in [0.15, 0.2) is 36.7 Å². The van der Waals surface area contributed by atoms with Gasteiger partial charge in [0.2, 0.25) is 0 Å². The van der Waals surface area contributed by atoms with Gasteiger partial charge in [0, 0.05) is 24.3 Å². The molecule has 24 heavy (non-hydrogen) atoms. The van der Waals surface area contributed by atoms with Crippen molar-refractivity contribution < 1.29 is 5.11 Å². The molecular formula is C18H23N5O. The second-order valence-electron chi connectivity index (χ2n) is 6.55. The van der Waals surface area contributed by atoms with Crippen molar-refractivity contribution in [3.8, 4) is 0 Å². The van der Waals surface area contributed by atoms with Gasteiger partial charge in [-0.25, -0.2) is 4.68 Å². The summed E-state index contributed by atoms with van der Waals surface area (Å²) in [7, 11) is 0. The number of H-pyrrole nitrogens is 1. The number of nitrogens with one attached hydrogen (secondary N) is 2. The van der Waals surface area contributed by atoms with Crippen LogP contribution in [0.25, 0.3) is 10.9 Å². The molecule has 3 N–H and O–H groups in total. The number of rotatable bonds is 5. The summed E-state index contributed by atoms with van der Waals surface area (Å²) in [6.07, 6.45) is 8.55. The van der Waals surface area contributed by atoms with Crippen LogP contribution in [-0.2, 0) is 13.2 Å². The van der Waals surface area contributed by atoms with Crippen molar-refractivity contribution in [1.82, 2.24) is 25.3 Å². The predicted molar refractivity (Wildman–Crippen MR) is 92.4 cm³/mol. The van der Waals surface area contributed by atoms with E-state index in [1.807, 2.05) is 17.1 Å². The smallest absolute Gasteiger partial charge is 0.108 e. The van der Waals surface area contributed by atoms with Crippen LogP contribution in [0, 0.1) is 0 Å². The van der Waals surface area contributed by atoms with E-state index in [0.717, 1.165) is 19.4 Å². The van der Waals surface area contributed by atoms with Crippen molar-refractivity contribution >= 4 is 10.9 Å². The van der Waals surface area contributed by atoms with Gasteiger partial charge in [0.1, 0.15) is 5.69 Å². The number of fused-ring (bicyclic) bond motifs is 1.